The lowest BCUT2D eigenvalue weighted by Crippen LogP contribution is -2.15. The van der Waals surface area contributed by atoms with Gasteiger partial charge < -0.3 is 14.6 Å². The van der Waals surface area contributed by atoms with Crippen molar-refractivity contribution in [3.05, 3.63) is 87.2 Å². The Hall–Kier alpha value is -3.05. The maximum Gasteiger partial charge on any atom is 0.355 e. The van der Waals surface area contributed by atoms with E-state index in [1.165, 1.54) is 0 Å². The van der Waals surface area contributed by atoms with E-state index in [4.69, 9.17) is 16.3 Å². The molecule has 3 rings (SSSR count). The quantitative estimate of drug-likeness (QED) is 0.528. The summed E-state index contributed by atoms with van der Waals surface area (Å²) in [4.78, 5) is 25.9. The minimum Gasteiger partial charge on any atom is -0.461 e. The molecule has 0 radical (unpaired) electrons. The maximum atomic E-state index is 13.2. The Balaban J connectivity index is 2.06. The number of hydrogen-bond acceptors (Lipinski definition) is 3. The van der Waals surface area contributed by atoms with Crippen LogP contribution in [0.5, 0.6) is 0 Å². The highest BCUT2D eigenvalue weighted by Gasteiger charge is 2.27. The van der Waals surface area contributed by atoms with Gasteiger partial charge >= 0.3 is 5.97 Å². The molecule has 5 nitrogen and oxygen atoms in total. The Kier molecular flexibility index (Phi) is 6.63. The Morgan fingerprint density at radius 1 is 1.00 bits per heavy atom. The van der Waals surface area contributed by atoms with Crippen LogP contribution in [0.1, 0.15) is 50.2 Å². The molecule has 0 fully saturated rings. The van der Waals surface area contributed by atoms with E-state index in [2.05, 4.69) is 5.32 Å². The van der Waals surface area contributed by atoms with Gasteiger partial charge in [-0.1, -0.05) is 48.0 Å². The van der Waals surface area contributed by atoms with Crippen LogP contribution < -0.4 is 5.32 Å². The van der Waals surface area contributed by atoms with E-state index in [1.54, 1.807) is 32.0 Å². The van der Waals surface area contributed by atoms with Gasteiger partial charge in [0, 0.05) is 22.9 Å². The molecule has 0 saturated heterocycles. The number of amides is 1. The van der Waals surface area contributed by atoms with Crippen LogP contribution in [0.3, 0.4) is 0 Å². The van der Waals surface area contributed by atoms with Crippen LogP contribution in [0, 0.1) is 20.8 Å². The molecule has 156 valence electrons. The molecular formula is C24H25ClN2O3. The first-order chi connectivity index (χ1) is 14.3. The number of ether oxygens (including phenoxy) is 1. The zero-order valence-corrected chi connectivity index (χ0v) is 18.3. The van der Waals surface area contributed by atoms with Crippen molar-refractivity contribution in [3.8, 4) is 0 Å². The van der Waals surface area contributed by atoms with E-state index in [0.717, 1.165) is 11.1 Å². The predicted molar refractivity (Wildman–Crippen MR) is 120 cm³/mol. The van der Waals surface area contributed by atoms with E-state index < -0.39 is 5.97 Å². The second-order valence-corrected chi connectivity index (χ2v) is 7.50. The number of nitrogens with one attached hydrogen (secondary N) is 1. The zero-order chi connectivity index (χ0) is 21.8. The summed E-state index contributed by atoms with van der Waals surface area (Å²) < 4.78 is 7.13. The number of aromatic nitrogens is 1. The summed E-state index contributed by atoms with van der Waals surface area (Å²) in [5.74, 6) is -0.722. The van der Waals surface area contributed by atoms with Gasteiger partial charge in [0.25, 0.3) is 5.91 Å². The van der Waals surface area contributed by atoms with E-state index in [0.29, 0.717) is 39.8 Å². The van der Waals surface area contributed by atoms with E-state index in [1.807, 2.05) is 48.7 Å². The molecule has 0 unspecified atom stereocenters. The van der Waals surface area contributed by atoms with E-state index >= 15 is 0 Å². The van der Waals surface area contributed by atoms with Gasteiger partial charge in [-0.15, -0.1) is 0 Å². The van der Waals surface area contributed by atoms with Crippen LogP contribution in [0.4, 0.5) is 5.69 Å². The highest BCUT2D eigenvalue weighted by Crippen LogP contribution is 2.28. The van der Waals surface area contributed by atoms with Crippen LogP contribution in [0.2, 0.25) is 5.02 Å². The first kappa shape index (κ1) is 21.7. The summed E-state index contributed by atoms with van der Waals surface area (Å²) in [6, 6.07) is 15.2. The van der Waals surface area contributed by atoms with Crippen LogP contribution in [-0.2, 0) is 11.3 Å². The van der Waals surface area contributed by atoms with Gasteiger partial charge in [-0.05, 0) is 56.5 Å². The maximum absolute atomic E-state index is 13.2. The molecular weight excluding hydrogens is 400 g/mol. The number of nitrogens with zero attached hydrogens (tertiary/aromatic N) is 1. The lowest BCUT2D eigenvalue weighted by Gasteiger charge is -2.12. The van der Waals surface area contributed by atoms with Crippen molar-refractivity contribution in [3.63, 3.8) is 0 Å². The fourth-order valence-electron chi connectivity index (χ4n) is 3.58. The molecule has 0 aliphatic rings. The lowest BCUT2D eigenvalue weighted by molar-refractivity contribution is 0.0513. The Morgan fingerprint density at radius 3 is 2.37 bits per heavy atom. The van der Waals surface area contributed by atoms with Crippen molar-refractivity contribution in [1.29, 1.82) is 0 Å². The molecule has 0 bridgehead atoms. The van der Waals surface area contributed by atoms with Gasteiger partial charge in [0.1, 0.15) is 5.69 Å². The minimum atomic E-state index is -0.438. The highest BCUT2D eigenvalue weighted by atomic mass is 35.5. The number of esters is 1. The molecule has 6 heteroatoms. The van der Waals surface area contributed by atoms with Gasteiger partial charge in [-0.2, -0.15) is 0 Å². The molecule has 1 aromatic heterocycles. The lowest BCUT2D eigenvalue weighted by atomic mass is 10.1. The van der Waals surface area contributed by atoms with Crippen molar-refractivity contribution in [2.24, 2.45) is 0 Å². The van der Waals surface area contributed by atoms with Crippen molar-refractivity contribution in [2.45, 2.75) is 34.2 Å². The zero-order valence-electron chi connectivity index (χ0n) is 17.6. The molecule has 1 amide bonds. The third kappa shape index (κ3) is 4.26. The summed E-state index contributed by atoms with van der Waals surface area (Å²) in [5.41, 5.74) is 4.62. The van der Waals surface area contributed by atoms with E-state index in [-0.39, 0.29) is 12.5 Å². The molecule has 2 aromatic carbocycles. The molecule has 0 saturated carbocycles. The van der Waals surface area contributed by atoms with Crippen molar-refractivity contribution >= 4 is 29.2 Å². The third-order valence-electron chi connectivity index (χ3n) is 5.16. The van der Waals surface area contributed by atoms with Gasteiger partial charge in [-0.3, -0.25) is 4.79 Å². The topological polar surface area (TPSA) is 60.3 Å². The van der Waals surface area contributed by atoms with Crippen LogP contribution in [-0.4, -0.2) is 23.1 Å². The average Bonchev–Trinajstić information content (AvgIpc) is 2.96. The SMILES string of the molecule is CCOC(=O)c1c(C)c(C(=O)Nc2cccc(Cl)c2C)c(C)n1Cc1ccccc1. The highest BCUT2D eigenvalue weighted by molar-refractivity contribution is 6.31. The van der Waals surface area contributed by atoms with Gasteiger partial charge in [-0.25, -0.2) is 4.79 Å². The van der Waals surface area contributed by atoms with Gasteiger partial charge in [0.15, 0.2) is 0 Å². The third-order valence-corrected chi connectivity index (χ3v) is 5.57. The number of benzene rings is 2. The molecule has 0 atom stereocenters. The normalized spacial score (nSPS) is 10.7. The van der Waals surface area contributed by atoms with Crippen LogP contribution in [0.15, 0.2) is 48.5 Å². The first-order valence-corrected chi connectivity index (χ1v) is 10.2. The number of halogens is 1. The number of carbonyl (C=O) groups excluding carboxylic acids is 2. The molecule has 3 aromatic rings. The largest absolute Gasteiger partial charge is 0.461 e. The van der Waals surface area contributed by atoms with E-state index in [9.17, 15) is 9.59 Å². The van der Waals surface area contributed by atoms with Gasteiger partial charge in [0.05, 0.1) is 12.2 Å². The van der Waals surface area contributed by atoms with Crippen molar-refractivity contribution < 1.29 is 14.3 Å². The molecule has 0 aliphatic heterocycles. The molecule has 0 spiro atoms. The van der Waals surface area contributed by atoms with Crippen molar-refractivity contribution in [2.75, 3.05) is 11.9 Å². The predicted octanol–water partition coefficient (Wildman–Crippen LogP) is 5.54. The number of carbonyl (C=O) groups is 2. The Labute approximate surface area is 181 Å². The fourth-order valence-corrected chi connectivity index (χ4v) is 3.76. The molecule has 0 aliphatic carbocycles. The monoisotopic (exact) mass is 424 g/mol. The van der Waals surface area contributed by atoms with Crippen LogP contribution >= 0.6 is 11.6 Å². The second-order valence-electron chi connectivity index (χ2n) is 7.09. The Bertz CT molecular complexity index is 1090. The van der Waals surface area contributed by atoms with Gasteiger partial charge in [0.2, 0.25) is 0 Å². The molecule has 1 heterocycles. The summed E-state index contributed by atoms with van der Waals surface area (Å²) in [7, 11) is 0. The van der Waals surface area contributed by atoms with Crippen molar-refractivity contribution in [1.82, 2.24) is 4.57 Å². The number of anilines is 1. The summed E-state index contributed by atoms with van der Waals surface area (Å²) >= 11 is 6.19. The smallest absolute Gasteiger partial charge is 0.355 e. The molecule has 30 heavy (non-hydrogen) atoms. The number of hydrogen-bond donors (Lipinski definition) is 1. The minimum absolute atomic E-state index is 0.261. The first-order valence-electron chi connectivity index (χ1n) is 9.82. The standard InChI is InChI=1S/C24H25ClN2O3/c1-5-30-24(29)22-16(3)21(17(4)27(22)14-18-10-7-6-8-11-18)23(28)26-20-13-9-12-19(25)15(20)2/h6-13H,5,14H2,1-4H3,(H,26,28). The van der Waals surface area contributed by atoms with Crippen LogP contribution in [0.25, 0.3) is 0 Å². The average molecular weight is 425 g/mol. The summed E-state index contributed by atoms with van der Waals surface area (Å²) in [6.45, 7) is 7.96. The molecule has 1 N–H and O–H groups in total. The summed E-state index contributed by atoms with van der Waals surface area (Å²) in [6.07, 6.45) is 0. The number of rotatable bonds is 6. The Morgan fingerprint density at radius 2 is 1.70 bits per heavy atom. The fraction of sp³-hybridized carbons (Fsp3) is 0.250. The second kappa shape index (κ2) is 9.18. The summed E-state index contributed by atoms with van der Waals surface area (Å²) in [5, 5.41) is 3.51.